The Kier molecular flexibility index (Phi) is 3.82. The van der Waals surface area contributed by atoms with Crippen LogP contribution in [-0.4, -0.2) is 13.3 Å². The van der Waals surface area contributed by atoms with Gasteiger partial charge in [-0.25, -0.2) is 8.42 Å². The zero-order valence-electron chi connectivity index (χ0n) is 10.4. The fraction of sp³-hybridized carbons (Fsp3) is 0.0769. The van der Waals surface area contributed by atoms with Crippen molar-refractivity contribution in [3.63, 3.8) is 0 Å². The molecule has 2 N–H and O–H groups in total. The summed E-state index contributed by atoms with van der Waals surface area (Å²) in [6, 6.07) is 11.5. The summed E-state index contributed by atoms with van der Waals surface area (Å²) in [6.07, 6.45) is 0. The minimum Gasteiger partial charge on any atom is -0.326 e. The molecule has 0 atom stereocenters. The van der Waals surface area contributed by atoms with E-state index < -0.39 is 14.8 Å². The molecule has 0 radical (unpaired) electrons. The zero-order valence-corrected chi connectivity index (χ0v) is 11.2. The molecule has 0 spiro atoms. The average Bonchev–Trinajstić information content (AvgIpc) is 2.47. The minimum absolute atomic E-state index is 0.0258. The summed E-state index contributed by atoms with van der Waals surface area (Å²) >= 11 is 0. The van der Waals surface area contributed by atoms with Gasteiger partial charge in [-0.05, 0) is 24.3 Å². The van der Waals surface area contributed by atoms with Crippen LogP contribution in [0.15, 0.2) is 58.3 Å². The van der Waals surface area contributed by atoms with Crippen LogP contribution in [0.25, 0.3) is 0 Å². The highest BCUT2D eigenvalue weighted by molar-refractivity contribution is 7.91. The number of rotatable bonds is 4. The first-order chi connectivity index (χ1) is 9.46. The second-order valence-corrected chi connectivity index (χ2v) is 6.02. The molecule has 2 aromatic rings. The molecular weight excluding hydrogens is 280 g/mol. The predicted molar refractivity (Wildman–Crippen MR) is 72.9 cm³/mol. The summed E-state index contributed by atoms with van der Waals surface area (Å²) in [6.45, 7) is -0.0258. The monoisotopic (exact) mass is 292 g/mol. The van der Waals surface area contributed by atoms with Crippen LogP contribution >= 0.6 is 0 Å². The van der Waals surface area contributed by atoms with E-state index >= 15 is 0 Å². The molecule has 0 saturated heterocycles. The van der Waals surface area contributed by atoms with Crippen molar-refractivity contribution in [2.24, 2.45) is 5.73 Å². The van der Waals surface area contributed by atoms with Gasteiger partial charge in [-0.3, -0.25) is 10.1 Å². The third-order valence-corrected chi connectivity index (χ3v) is 4.60. The maximum atomic E-state index is 12.4. The van der Waals surface area contributed by atoms with E-state index in [2.05, 4.69) is 0 Å². The Bertz CT molecular complexity index is 742. The Hall–Kier alpha value is -2.25. The number of sulfone groups is 1. The van der Waals surface area contributed by atoms with Gasteiger partial charge in [0.15, 0.2) is 0 Å². The first kappa shape index (κ1) is 14.2. The SMILES string of the molecule is NCc1ccc(S(=O)(=O)c2ccccc2)cc1[N+](=O)[O-]. The summed E-state index contributed by atoms with van der Waals surface area (Å²) in [7, 11) is -3.77. The van der Waals surface area contributed by atoms with Gasteiger partial charge in [-0.15, -0.1) is 0 Å². The molecular formula is C13H12N2O4S. The molecule has 104 valence electrons. The van der Waals surface area contributed by atoms with Gasteiger partial charge >= 0.3 is 0 Å². The fourth-order valence-electron chi connectivity index (χ4n) is 1.79. The number of hydrogen-bond donors (Lipinski definition) is 1. The highest BCUT2D eigenvalue weighted by Gasteiger charge is 2.22. The smallest absolute Gasteiger partial charge is 0.275 e. The van der Waals surface area contributed by atoms with Crippen molar-refractivity contribution in [3.05, 3.63) is 64.2 Å². The molecule has 2 aromatic carbocycles. The number of nitrogens with two attached hydrogens (primary N) is 1. The van der Waals surface area contributed by atoms with Crippen LogP contribution < -0.4 is 5.73 Å². The molecule has 2 rings (SSSR count). The average molecular weight is 292 g/mol. The Labute approximate surface area is 115 Å². The van der Waals surface area contributed by atoms with E-state index in [4.69, 9.17) is 5.73 Å². The van der Waals surface area contributed by atoms with E-state index in [1.54, 1.807) is 18.2 Å². The maximum absolute atomic E-state index is 12.4. The molecule has 0 heterocycles. The van der Waals surface area contributed by atoms with Crippen molar-refractivity contribution < 1.29 is 13.3 Å². The third kappa shape index (κ3) is 2.54. The van der Waals surface area contributed by atoms with Crippen LogP contribution in [0.2, 0.25) is 0 Å². The number of nitrogens with zero attached hydrogens (tertiary/aromatic N) is 1. The molecule has 0 fully saturated rings. The zero-order chi connectivity index (χ0) is 14.8. The van der Waals surface area contributed by atoms with Crippen molar-refractivity contribution in [3.8, 4) is 0 Å². The van der Waals surface area contributed by atoms with Gasteiger partial charge in [0.1, 0.15) is 0 Å². The quantitative estimate of drug-likeness (QED) is 0.684. The van der Waals surface area contributed by atoms with E-state index in [9.17, 15) is 18.5 Å². The van der Waals surface area contributed by atoms with Crippen LogP contribution in [0, 0.1) is 10.1 Å². The van der Waals surface area contributed by atoms with E-state index in [0.29, 0.717) is 5.56 Å². The Morgan fingerprint density at radius 3 is 2.25 bits per heavy atom. The Morgan fingerprint density at radius 1 is 1.05 bits per heavy atom. The van der Waals surface area contributed by atoms with Gasteiger partial charge in [0, 0.05) is 18.2 Å². The predicted octanol–water partition coefficient (Wildman–Crippen LogP) is 1.89. The first-order valence-electron chi connectivity index (χ1n) is 5.74. The normalized spacial score (nSPS) is 11.2. The lowest BCUT2D eigenvalue weighted by Crippen LogP contribution is -2.06. The standard InChI is InChI=1S/C13H12N2O4S/c14-9-10-6-7-12(8-13(10)15(16)17)20(18,19)11-4-2-1-3-5-11/h1-8H,9,14H2. The van der Waals surface area contributed by atoms with Gasteiger partial charge < -0.3 is 5.73 Å². The molecule has 6 nitrogen and oxygen atoms in total. The molecule has 0 aliphatic carbocycles. The van der Waals surface area contributed by atoms with Crippen molar-refractivity contribution in [1.29, 1.82) is 0 Å². The molecule has 0 bridgehead atoms. The fourth-order valence-corrected chi connectivity index (χ4v) is 3.09. The molecule has 20 heavy (non-hydrogen) atoms. The topological polar surface area (TPSA) is 103 Å². The Balaban J connectivity index is 2.59. The first-order valence-corrected chi connectivity index (χ1v) is 7.22. The second kappa shape index (κ2) is 5.40. The summed E-state index contributed by atoms with van der Waals surface area (Å²) in [5, 5.41) is 11.0. The number of benzene rings is 2. The van der Waals surface area contributed by atoms with E-state index in [0.717, 1.165) is 6.07 Å². The van der Waals surface area contributed by atoms with Crippen molar-refractivity contribution in [1.82, 2.24) is 0 Å². The Morgan fingerprint density at radius 2 is 1.70 bits per heavy atom. The van der Waals surface area contributed by atoms with Gasteiger partial charge in [0.25, 0.3) is 5.69 Å². The largest absolute Gasteiger partial charge is 0.326 e. The van der Waals surface area contributed by atoms with Gasteiger partial charge in [-0.1, -0.05) is 18.2 Å². The summed E-state index contributed by atoms with van der Waals surface area (Å²) < 4.78 is 24.7. The van der Waals surface area contributed by atoms with Gasteiger partial charge in [-0.2, -0.15) is 0 Å². The highest BCUT2D eigenvalue weighted by Crippen LogP contribution is 2.26. The summed E-state index contributed by atoms with van der Waals surface area (Å²) in [5.41, 5.74) is 5.41. The van der Waals surface area contributed by atoms with Crippen LogP contribution in [0.1, 0.15) is 5.56 Å². The number of nitro groups is 1. The molecule has 0 aromatic heterocycles. The van der Waals surface area contributed by atoms with Crippen LogP contribution in [0.5, 0.6) is 0 Å². The summed E-state index contributed by atoms with van der Waals surface area (Å²) in [5.74, 6) is 0. The van der Waals surface area contributed by atoms with E-state index in [1.807, 2.05) is 0 Å². The summed E-state index contributed by atoms with van der Waals surface area (Å²) in [4.78, 5) is 10.3. The molecule has 0 aliphatic heterocycles. The molecule has 0 unspecified atom stereocenters. The third-order valence-electron chi connectivity index (χ3n) is 2.84. The second-order valence-electron chi connectivity index (χ2n) is 4.07. The molecule has 7 heteroatoms. The lowest BCUT2D eigenvalue weighted by atomic mass is 10.2. The molecule has 0 amide bonds. The van der Waals surface area contributed by atoms with Gasteiger partial charge in [0.2, 0.25) is 9.84 Å². The van der Waals surface area contributed by atoms with Crippen LogP contribution in [0.3, 0.4) is 0 Å². The van der Waals surface area contributed by atoms with Crippen molar-refractivity contribution >= 4 is 15.5 Å². The van der Waals surface area contributed by atoms with E-state index in [-0.39, 0.29) is 22.0 Å². The van der Waals surface area contributed by atoms with Crippen molar-refractivity contribution in [2.75, 3.05) is 0 Å². The van der Waals surface area contributed by atoms with Crippen LogP contribution in [-0.2, 0) is 16.4 Å². The lowest BCUT2D eigenvalue weighted by Gasteiger charge is -2.06. The molecule has 0 saturated carbocycles. The highest BCUT2D eigenvalue weighted by atomic mass is 32.2. The number of nitro benzene ring substituents is 1. The lowest BCUT2D eigenvalue weighted by molar-refractivity contribution is -0.385. The maximum Gasteiger partial charge on any atom is 0.275 e. The van der Waals surface area contributed by atoms with Gasteiger partial charge in [0.05, 0.1) is 14.7 Å². The van der Waals surface area contributed by atoms with Crippen LogP contribution in [0.4, 0.5) is 5.69 Å². The number of hydrogen-bond acceptors (Lipinski definition) is 5. The molecule has 0 aliphatic rings. The minimum atomic E-state index is -3.77. The van der Waals surface area contributed by atoms with E-state index in [1.165, 1.54) is 24.3 Å². The van der Waals surface area contributed by atoms with Crippen molar-refractivity contribution in [2.45, 2.75) is 16.3 Å².